The molecule has 0 heterocycles. The summed E-state index contributed by atoms with van der Waals surface area (Å²) in [5, 5.41) is 14.7. The minimum Gasteiger partial charge on any atom is -0.489 e. The van der Waals surface area contributed by atoms with Crippen molar-refractivity contribution < 1.29 is 9.53 Å². The molecule has 162 valence electrons. The first-order valence-corrected chi connectivity index (χ1v) is 10.8. The van der Waals surface area contributed by atoms with Gasteiger partial charge in [0.1, 0.15) is 24.0 Å². The maximum atomic E-state index is 12.6. The van der Waals surface area contributed by atoms with Gasteiger partial charge in [0.25, 0.3) is 5.91 Å². The van der Waals surface area contributed by atoms with E-state index < -0.39 is 5.91 Å². The Kier molecular flexibility index (Phi) is 6.82. The number of nitriles is 1. The highest BCUT2D eigenvalue weighted by Crippen LogP contribution is 2.21. The van der Waals surface area contributed by atoms with E-state index in [2.05, 4.69) is 29.6 Å². The fraction of sp³-hybridized carbons (Fsp3) is 0.103. The molecule has 33 heavy (non-hydrogen) atoms. The highest BCUT2D eigenvalue weighted by atomic mass is 16.5. The lowest BCUT2D eigenvalue weighted by Crippen LogP contribution is -2.27. The molecule has 0 saturated heterocycles. The Morgan fingerprint density at radius 2 is 1.64 bits per heavy atom. The lowest BCUT2D eigenvalue weighted by molar-refractivity contribution is -0.117. The summed E-state index contributed by atoms with van der Waals surface area (Å²) in [4.78, 5) is 12.6. The summed E-state index contributed by atoms with van der Waals surface area (Å²) in [7, 11) is 0. The number of fused-ring (bicyclic) bond motifs is 1. The Balaban J connectivity index is 1.41. The topological polar surface area (TPSA) is 62.1 Å². The molecule has 4 aromatic carbocycles. The van der Waals surface area contributed by atoms with E-state index in [0.29, 0.717) is 6.61 Å². The van der Waals surface area contributed by atoms with Gasteiger partial charge in [0.2, 0.25) is 0 Å². The zero-order chi connectivity index (χ0) is 23.0. The average molecular weight is 433 g/mol. The number of benzene rings is 4. The number of amides is 1. The second kappa shape index (κ2) is 10.3. The van der Waals surface area contributed by atoms with Gasteiger partial charge in [-0.3, -0.25) is 4.79 Å². The molecule has 0 aromatic heterocycles. The number of carbonyl (C=O) groups excluding carboxylic acids is 1. The zero-order valence-electron chi connectivity index (χ0n) is 18.4. The Labute approximate surface area is 193 Å². The summed E-state index contributed by atoms with van der Waals surface area (Å²) in [5.74, 6) is 0.325. The third-order valence-corrected chi connectivity index (χ3v) is 5.48. The van der Waals surface area contributed by atoms with E-state index >= 15 is 0 Å². The van der Waals surface area contributed by atoms with Crippen LogP contribution in [0.1, 0.15) is 29.7 Å². The molecule has 1 N–H and O–H groups in total. The van der Waals surface area contributed by atoms with E-state index in [-0.39, 0.29) is 11.6 Å². The maximum Gasteiger partial charge on any atom is 0.262 e. The fourth-order valence-corrected chi connectivity index (χ4v) is 3.65. The molecule has 0 fully saturated rings. The van der Waals surface area contributed by atoms with Crippen LogP contribution in [0.2, 0.25) is 0 Å². The predicted molar refractivity (Wildman–Crippen MR) is 131 cm³/mol. The Morgan fingerprint density at radius 1 is 0.939 bits per heavy atom. The highest BCUT2D eigenvalue weighted by Gasteiger charge is 2.13. The molecular weight excluding hydrogens is 408 g/mol. The second-order valence-electron chi connectivity index (χ2n) is 7.77. The van der Waals surface area contributed by atoms with Crippen LogP contribution in [0.5, 0.6) is 5.75 Å². The van der Waals surface area contributed by atoms with Crippen LogP contribution in [0.4, 0.5) is 0 Å². The first-order chi connectivity index (χ1) is 16.1. The molecule has 0 radical (unpaired) electrons. The lowest BCUT2D eigenvalue weighted by Gasteiger charge is -2.13. The van der Waals surface area contributed by atoms with E-state index in [1.807, 2.05) is 85.8 Å². The molecule has 4 nitrogen and oxygen atoms in total. The van der Waals surface area contributed by atoms with Crippen molar-refractivity contribution in [3.05, 3.63) is 119 Å². The predicted octanol–water partition coefficient (Wildman–Crippen LogP) is 6.20. The van der Waals surface area contributed by atoms with Crippen LogP contribution in [0.15, 0.2) is 103 Å². The second-order valence-corrected chi connectivity index (χ2v) is 7.77. The molecule has 0 bridgehead atoms. The SMILES string of the molecule is C[C@H](NC(=O)/C(C#N)=C/c1ccc(OCc2cccc3ccccc23)cc1)c1ccccc1. The molecule has 1 amide bonds. The normalized spacial score (nSPS) is 12.1. The highest BCUT2D eigenvalue weighted by molar-refractivity contribution is 6.01. The molecule has 0 unspecified atom stereocenters. The standard InChI is InChI=1S/C29H24N2O2/c1-21(23-8-3-2-4-9-23)31-29(32)26(19-30)18-22-14-16-27(17-15-22)33-20-25-12-7-11-24-10-5-6-13-28(24)25/h2-18,21H,20H2,1H3,(H,31,32)/b26-18+/t21-/m0/s1. The van der Waals surface area contributed by atoms with E-state index in [0.717, 1.165) is 22.4 Å². The fourth-order valence-electron chi connectivity index (χ4n) is 3.65. The smallest absolute Gasteiger partial charge is 0.262 e. The zero-order valence-corrected chi connectivity index (χ0v) is 18.4. The van der Waals surface area contributed by atoms with Gasteiger partial charge >= 0.3 is 0 Å². The summed E-state index contributed by atoms with van der Waals surface area (Å²) in [6, 6.07) is 33.2. The molecule has 0 spiro atoms. The van der Waals surface area contributed by atoms with Gasteiger partial charge in [-0.1, -0.05) is 84.9 Å². The van der Waals surface area contributed by atoms with Crippen molar-refractivity contribution in [1.29, 1.82) is 5.26 Å². The van der Waals surface area contributed by atoms with Crippen LogP contribution in [0.25, 0.3) is 16.8 Å². The lowest BCUT2D eigenvalue weighted by atomic mass is 10.1. The number of nitrogens with zero attached hydrogens (tertiary/aromatic N) is 1. The van der Waals surface area contributed by atoms with Crippen molar-refractivity contribution >= 4 is 22.8 Å². The monoisotopic (exact) mass is 432 g/mol. The van der Waals surface area contributed by atoms with Gasteiger partial charge < -0.3 is 10.1 Å². The van der Waals surface area contributed by atoms with Gasteiger partial charge in [-0.05, 0) is 52.6 Å². The van der Waals surface area contributed by atoms with Crippen molar-refractivity contribution in [3.63, 3.8) is 0 Å². The number of hydrogen-bond acceptors (Lipinski definition) is 3. The third kappa shape index (κ3) is 5.47. The van der Waals surface area contributed by atoms with Crippen LogP contribution in [0, 0.1) is 11.3 Å². The van der Waals surface area contributed by atoms with Gasteiger partial charge in [-0.25, -0.2) is 0 Å². The summed E-state index contributed by atoms with van der Waals surface area (Å²) >= 11 is 0. The van der Waals surface area contributed by atoms with Crippen molar-refractivity contribution in [1.82, 2.24) is 5.32 Å². The van der Waals surface area contributed by atoms with Crippen molar-refractivity contribution in [2.24, 2.45) is 0 Å². The van der Waals surface area contributed by atoms with Crippen LogP contribution in [-0.4, -0.2) is 5.91 Å². The van der Waals surface area contributed by atoms with E-state index in [1.54, 1.807) is 6.08 Å². The maximum absolute atomic E-state index is 12.6. The number of ether oxygens (including phenoxy) is 1. The number of rotatable bonds is 7. The van der Waals surface area contributed by atoms with Crippen molar-refractivity contribution in [2.75, 3.05) is 0 Å². The summed E-state index contributed by atoms with van der Waals surface area (Å²) in [6.07, 6.45) is 1.58. The Bertz CT molecular complexity index is 1310. The summed E-state index contributed by atoms with van der Waals surface area (Å²) in [6.45, 7) is 2.35. The molecule has 4 rings (SSSR count). The average Bonchev–Trinajstić information content (AvgIpc) is 2.87. The first kappa shape index (κ1) is 21.9. The van der Waals surface area contributed by atoms with E-state index in [1.165, 1.54) is 10.8 Å². The van der Waals surface area contributed by atoms with Crippen LogP contribution in [0.3, 0.4) is 0 Å². The number of hydrogen-bond donors (Lipinski definition) is 1. The van der Waals surface area contributed by atoms with Crippen LogP contribution >= 0.6 is 0 Å². The van der Waals surface area contributed by atoms with Crippen LogP contribution < -0.4 is 10.1 Å². The quantitative estimate of drug-likeness (QED) is 0.279. The largest absolute Gasteiger partial charge is 0.489 e. The molecule has 0 aliphatic heterocycles. The molecular formula is C29H24N2O2. The number of carbonyl (C=O) groups is 1. The number of nitrogens with one attached hydrogen (secondary N) is 1. The van der Waals surface area contributed by atoms with E-state index in [9.17, 15) is 10.1 Å². The molecule has 4 heteroatoms. The minimum absolute atomic E-state index is 0.0576. The van der Waals surface area contributed by atoms with Gasteiger partial charge in [-0.15, -0.1) is 0 Å². The Hall–Kier alpha value is -4.36. The molecule has 0 aliphatic carbocycles. The van der Waals surface area contributed by atoms with E-state index in [4.69, 9.17) is 4.74 Å². The molecule has 1 atom stereocenters. The van der Waals surface area contributed by atoms with Crippen molar-refractivity contribution in [2.45, 2.75) is 19.6 Å². The summed E-state index contributed by atoms with van der Waals surface area (Å²) < 4.78 is 5.97. The summed E-state index contributed by atoms with van der Waals surface area (Å²) in [5.41, 5.74) is 2.91. The van der Waals surface area contributed by atoms with Gasteiger partial charge in [0.15, 0.2) is 0 Å². The Morgan fingerprint density at radius 3 is 2.39 bits per heavy atom. The van der Waals surface area contributed by atoms with Gasteiger partial charge in [0.05, 0.1) is 6.04 Å². The molecule has 0 saturated carbocycles. The van der Waals surface area contributed by atoms with Gasteiger partial charge in [-0.2, -0.15) is 5.26 Å². The van der Waals surface area contributed by atoms with Crippen molar-refractivity contribution in [3.8, 4) is 11.8 Å². The minimum atomic E-state index is -0.398. The van der Waals surface area contributed by atoms with Gasteiger partial charge in [0, 0.05) is 0 Å². The third-order valence-electron chi connectivity index (χ3n) is 5.48. The molecule has 0 aliphatic rings. The first-order valence-electron chi connectivity index (χ1n) is 10.8. The molecule has 4 aromatic rings. The van der Waals surface area contributed by atoms with Crippen LogP contribution in [-0.2, 0) is 11.4 Å².